The summed E-state index contributed by atoms with van der Waals surface area (Å²) in [6, 6.07) is 4.91. The third-order valence-electron chi connectivity index (χ3n) is 3.92. The molecule has 0 amide bonds. The van der Waals surface area contributed by atoms with Crippen LogP contribution >= 0.6 is 0 Å². The summed E-state index contributed by atoms with van der Waals surface area (Å²) in [5.41, 5.74) is 6.89. The summed E-state index contributed by atoms with van der Waals surface area (Å²) in [5, 5.41) is 10.9. The Morgan fingerprint density at radius 1 is 1.60 bits per heavy atom. The molecule has 2 rings (SSSR count). The number of nitro benzene ring substituents is 1. The van der Waals surface area contributed by atoms with E-state index in [1.807, 2.05) is 6.92 Å². The van der Waals surface area contributed by atoms with E-state index in [4.69, 9.17) is 10.5 Å². The van der Waals surface area contributed by atoms with E-state index in [2.05, 4.69) is 4.90 Å². The molecule has 0 bridgehead atoms. The van der Waals surface area contributed by atoms with Gasteiger partial charge in [0.15, 0.2) is 0 Å². The van der Waals surface area contributed by atoms with Crippen LogP contribution in [0.15, 0.2) is 18.2 Å². The van der Waals surface area contributed by atoms with Gasteiger partial charge in [0, 0.05) is 36.8 Å². The molecular weight excluding hydrogens is 258 g/mol. The smallest absolute Gasteiger partial charge is 0.270 e. The highest BCUT2D eigenvalue weighted by atomic mass is 16.6. The maximum Gasteiger partial charge on any atom is 0.270 e. The van der Waals surface area contributed by atoms with Crippen molar-refractivity contribution in [3.05, 3.63) is 33.9 Å². The summed E-state index contributed by atoms with van der Waals surface area (Å²) in [7, 11) is 1.58. The van der Waals surface area contributed by atoms with Crippen LogP contribution in [0.5, 0.6) is 5.75 Å². The van der Waals surface area contributed by atoms with Crippen molar-refractivity contribution >= 4 is 5.69 Å². The molecule has 1 aromatic rings. The second kappa shape index (κ2) is 6.19. The number of nitro groups is 1. The molecule has 0 radical (unpaired) electrons. The number of nitrogens with zero attached hydrogens (tertiary/aromatic N) is 2. The van der Waals surface area contributed by atoms with Crippen molar-refractivity contribution in [2.45, 2.75) is 25.9 Å². The van der Waals surface area contributed by atoms with Crippen LogP contribution in [0.4, 0.5) is 5.69 Å². The maximum absolute atomic E-state index is 10.9. The fraction of sp³-hybridized carbons (Fsp3) is 0.571. The van der Waals surface area contributed by atoms with Crippen LogP contribution in [0.1, 0.15) is 18.9 Å². The molecule has 1 aliphatic heterocycles. The zero-order valence-electron chi connectivity index (χ0n) is 11.9. The number of ether oxygens (including phenoxy) is 1. The molecule has 20 heavy (non-hydrogen) atoms. The first-order chi connectivity index (χ1) is 9.51. The van der Waals surface area contributed by atoms with Crippen molar-refractivity contribution in [2.24, 2.45) is 11.7 Å². The zero-order valence-corrected chi connectivity index (χ0v) is 11.9. The Balaban J connectivity index is 2.12. The first-order valence-corrected chi connectivity index (χ1v) is 6.80. The molecule has 6 heteroatoms. The number of hydrogen-bond acceptors (Lipinski definition) is 5. The van der Waals surface area contributed by atoms with Gasteiger partial charge in [0.05, 0.1) is 12.0 Å². The van der Waals surface area contributed by atoms with Gasteiger partial charge in [0.25, 0.3) is 5.69 Å². The van der Waals surface area contributed by atoms with E-state index in [-0.39, 0.29) is 16.7 Å². The van der Waals surface area contributed by atoms with Gasteiger partial charge in [-0.25, -0.2) is 0 Å². The number of hydrogen-bond donors (Lipinski definition) is 1. The fourth-order valence-electron chi connectivity index (χ4n) is 2.68. The predicted molar refractivity (Wildman–Crippen MR) is 76.7 cm³/mol. The lowest BCUT2D eigenvalue weighted by Crippen LogP contribution is -2.29. The third kappa shape index (κ3) is 3.26. The molecule has 2 atom stereocenters. The molecule has 1 aliphatic rings. The number of nitrogens with two attached hydrogens (primary N) is 1. The molecule has 110 valence electrons. The normalized spacial score (nSPS) is 20.9. The molecule has 0 aliphatic carbocycles. The van der Waals surface area contributed by atoms with Crippen LogP contribution in [0, 0.1) is 16.0 Å². The summed E-state index contributed by atoms with van der Waals surface area (Å²) in [6.07, 6.45) is 1.08. The van der Waals surface area contributed by atoms with Gasteiger partial charge < -0.3 is 10.5 Å². The van der Waals surface area contributed by atoms with Crippen molar-refractivity contribution < 1.29 is 9.66 Å². The van der Waals surface area contributed by atoms with Crippen LogP contribution < -0.4 is 10.5 Å². The molecule has 1 heterocycles. The standard InChI is InChI=1S/C14H21N3O3/c1-10(15)11-5-6-16(8-11)9-12-7-13(17(18)19)3-4-14(12)20-2/h3-4,7,10-11H,5-6,8-9,15H2,1-2H3. The Kier molecular flexibility index (Phi) is 4.57. The minimum Gasteiger partial charge on any atom is -0.496 e. The van der Waals surface area contributed by atoms with E-state index in [1.54, 1.807) is 19.2 Å². The summed E-state index contributed by atoms with van der Waals surface area (Å²) < 4.78 is 5.29. The second-order valence-corrected chi connectivity index (χ2v) is 5.40. The van der Waals surface area contributed by atoms with Gasteiger partial charge in [0.2, 0.25) is 0 Å². The van der Waals surface area contributed by atoms with Gasteiger partial charge in [0.1, 0.15) is 5.75 Å². The lowest BCUT2D eigenvalue weighted by Gasteiger charge is -2.19. The number of likely N-dealkylation sites (tertiary alicyclic amines) is 1. The second-order valence-electron chi connectivity index (χ2n) is 5.40. The first-order valence-electron chi connectivity index (χ1n) is 6.80. The Morgan fingerprint density at radius 2 is 2.35 bits per heavy atom. The third-order valence-corrected chi connectivity index (χ3v) is 3.92. The van der Waals surface area contributed by atoms with Gasteiger partial charge in [-0.2, -0.15) is 0 Å². The van der Waals surface area contributed by atoms with Gasteiger partial charge in [-0.05, 0) is 31.9 Å². The molecule has 1 aromatic carbocycles. The molecule has 6 nitrogen and oxygen atoms in total. The van der Waals surface area contributed by atoms with E-state index in [9.17, 15) is 10.1 Å². The van der Waals surface area contributed by atoms with Crippen LogP contribution in [0.2, 0.25) is 0 Å². The summed E-state index contributed by atoms with van der Waals surface area (Å²) in [6.45, 7) is 4.59. The average molecular weight is 279 g/mol. The summed E-state index contributed by atoms with van der Waals surface area (Å²) in [4.78, 5) is 12.8. The number of benzene rings is 1. The van der Waals surface area contributed by atoms with Crippen molar-refractivity contribution in [1.29, 1.82) is 0 Å². The summed E-state index contributed by atoms with van der Waals surface area (Å²) >= 11 is 0. The average Bonchev–Trinajstić information content (AvgIpc) is 2.87. The Hall–Kier alpha value is -1.66. The molecule has 0 spiro atoms. The van der Waals surface area contributed by atoms with Gasteiger partial charge >= 0.3 is 0 Å². The number of methoxy groups -OCH3 is 1. The number of non-ortho nitro benzene ring substituents is 1. The molecular formula is C14H21N3O3. The van der Waals surface area contributed by atoms with Crippen molar-refractivity contribution in [2.75, 3.05) is 20.2 Å². The van der Waals surface area contributed by atoms with Crippen molar-refractivity contribution in [1.82, 2.24) is 4.90 Å². The van der Waals surface area contributed by atoms with E-state index < -0.39 is 0 Å². The van der Waals surface area contributed by atoms with Gasteiger partial charge in [-0.1, -0.05) is 0 Å². The molecule has 1 fully saturated rings. The first kappa shape index (κ1) is 14.7. The van der Waals surface area contributed by atoms with Gasteiger partial charge in [-0.3, -0.25) is 15.0 Å². The highest BCUT2D eigenvalue weighted by Gasteiger charge is 2.26. The van der Waals surface area contributed by atoms with Crippen LogP contribution in [-0.2, 0) is 6.54 Å². The highest BCUT2D eigenvalue weighted by molar-refractivity contribution is 5.43. The molecule has 1 saturated heterocycles. The zero-order chi connectivity index (χ0) is 14.7. The van der Waals surface area contributed by atoms with Gasteiger partial charge in [-0.15, -0.1) is 0 Å². The Bertz CT molecular complexity index is 491. The predicted octanol–water partition coefficient (Wildman–Crippen LogP) is 1.77. The van der Waals surface area contributed by atoms with Crippen LogP contribution in [-0.4, -0.2) is 36.1 Å². The topological polar surface area (TPSA) is 81.6 Å². The van der Waals surface area contributed by atoms with E-state index in [0.29, 0.717) is 18.2 Å². The SMILES string of the molecule is COc1ccc([N+](=O)[O-])cc1CN1CCC(C(C)N)C1. The largest absolute Gasteiger partial charge is 0.496 e. The lowest BCUT2D eigenvalue weighted by atomic mass is 10.0. The molecule has 0 saturated carbocycles. The maximum atomic E-state index is 10.9. The van der Waals surface area contributed by atoms with Crippen LogP contribution in [0.25, 0.3) is 0 Å². The minimum absolute atomic E-state index is 0.101. The molecule has 0 aromatic heterocycles. The summed E-state index contributed by atoms with van der Waals surface area (Å²) in [5.74, 6) is 1.19. The van der Waals surface area contributed by atoms with E-state index in [1.165, 1.54) is 6.07 Å². The molecule has 2 unspecified atom stereocenters. The van der Waals surface area contributed by atoms with E-state index in [0.717, 1.165) is 25.1 Å². The Morgan fingerprint density at radius 3 is 2.90 bits per heavy atom. The fourth-order valence-corrected chi connectivity index (χ4v) is 2.68. The number of rotatable bonds is 5. The van der Waals surface area contributed by atoms with Crippen molar-refractivity contribution in [3.8, 4) is 5.75 Å². The quantitative estimate of drug-likeness (QED) is 0.656. The highest BCUT2D eigenvalue weighted by Crippen LogP contribution is 2.28. The Labute approximate surface area is 118 Å². The monoisotopic (exact) mass is 279 g/mol. The van der Waals surface area contributed by atoms with E-state index >= 15 is 0 Å². The lowest BCUT2D eigenvalue weighted by molar-refractivity contribution is -0.384. The van der Waals surface area contributed by atoms with Crippen molar-refractivity contribution in [3.63, 3.8) is 0 Å². The van der Waals surface area contributed by atoms with Crippen LogP contribution in [0.3, 0.4) is 0 Å². The molecule has 2 N–H and O–H groups in total. The minimum atomic E-state index is -0.377.